The number of hydrogen-bond donors (Lipinski definition) is 0. The van der Waals surface area contributed by atoms with Gasteiger partial charge in [0.25, 0.3) is 0 Å². The van der Waals surface area contributed by atoms with Crippen LogP contribution in [-0.2, 0) is 14.0 Å². The zero-order valence-corrected chi connectivity index (χ0v) is 14.0. The van der Waals surface area contributed by atoms with Crippen LogP contribution in [0.1, 0.15) is 20.7 Å². The van der Waals surface area contributed by atoms with Gasteiger partial charge in [-0.3, -0.25) is 0 Å². The molecule has 2 aromatic carbocycles. The molecule has 0 saturated heterocycles. The lowest BCUT2D eigenvalue weighted by molar-refractivity contribution is 0.0592. The number of rotatable bonds is 4. The normalized spacial score (nSPS) is 10.9. The molecule has 6 heteroatoms. The van der Waals surface area contributed by atoms with Crippen molar-refractivity contribution in [1.82, 2.24) is 0 Å². The summed E-state index contributed by atoms with van der Waals surface area (Å²) in [5.74, 6) is -0.880. The molecule has 120 valence electrons. The summed E-state index contributed by atoms with van der Waals surface area (Å²) in [7, 11) is -0.200. The SMILES string of the molecule is COC(=O)c1ccc(P(C)(=O)c2ccc(C(=O)OC)cc2)cc1. The van der Waals surface area contributed by atoms with E-state index in [2.05, 4.69) is 9.47 Å². The van der Waals surface area contributed by atoms with Crippen molar-refractivity contribution in [2.45, 2.75) is 0 Å². The van der Waals surface area contributed by atoms with E-state index in [1.807, 2.05) is 0 Å². The largest absolute Gasteiger partial charge is 0.465 e. The summed E-state index contributed by atoms with van der Waals surface area (Å²) < 4.78 is 22.4. The number of esters is 2. The Kier molecular flexibility index (Phi) is 5.02. The predicted octanol–water partition coefficient (Wildman–Crippen LogP) is 2.20. The average molecular weight is 332 g/mol. The second kappa shape index (κ2) is 6.80. The van der Waals surface area contributed by atoms with Crippen LogP contribution in [0, 0.1) is 0 Å². The molecular weight excluding hydrogens is 315 g/mol. The van der Waals surface area contributed by atoms with Gasteiger partial charge in [-0.25, -0.2) is 9.59 Å². The molecule has 0 heterocycles. The highest BCUT2D eigenvalue weighted by molar-refractivity contribution is 7.78. The van der Waals surface area contributed by atoms with Gasteiger partial charge in [-0.05, 0) is 30.9 Å². The Labute approximate surface area is 134 Å². The first-order valence-electron chi connectivity index (χ1n) is 6.85. The highest BCUT2D eigenvalue weighted by Crippen LogP contribution is 2.38. The Morgan fingerprint density at radius 3 is 1.30 bits per heavy atom. The van der Waals surface area contributed by atoms with Crippen LogP contribution < -0.4 is 10.6 Å². The summed E-state index contributed by atoms with van der Waals surface area (Å²) >= 11 is 0. The topological polar surface area (TPSA) is 69.7 Å². The summed E-state index contributed by atoms with van der Waals surface area (Å²) in [6, 6.07) is 12.9. The average Bonchev–Trinajstić information content (AvgIpc) is 2.60. The molecule has 23 heavy (non-hydrogen) atoms. The van der Waals surface area contributed by atoms with Crippen LogP contribution in [0.25, 0.3) is 0 Å². The standard InChI is InChI=1S/C17H17O5P/c1-21-16(18)12-4-8-14(9-5-12)23(3,20)15-10-6-13(7-11-15)17(19)22-2/h4-11H,1-3H3. The smallest absolute Gasteiger partial charge is 0.337 e. The molecule has 0 radical (unpaired) electrons. The molecule has 2 rings (SSSR count). The zero-order chi connectivity index (χ0) is 17.0. The molecule has 0 aliphatic heterocycles. The van der Waals surface area contributed by atoms with Crippen LogP contribution in [0.4, 0.5) is 0 Å². The van der Waals surface area contributed by atoms with Crippen molar-refractivity contribution in [2.75, 3.05) is 20.9 Å². The Balaban J connectivity index is 2.32. The number of ether oxygens (including phenoxy) is 2. The highest BCUT2D eigenvalue weighted by Gasteiger charge is 2.22. The van der Waals surface area contributed by atoms with Gasteiger partial charge in [0.15, 0.2) is 0 Å². The van der Waals surface area contributed by atoms with Crippen molar-refractivity contribution in [1.29, 1.82) is 0 Å². The van der Waals surface area contributed by atoms with E-state index in [0.717, 1.165) is 0 Å². The monoisotopic (exact) mass is 332 g/mol. The van der Waals surface area contributed by atoms with Crippen molar-refractivity contribution in [2.24, 2.45) is 0 Å². The third-order valence-electron chi connectivity index (χ3n) is 3.56. The van der Waals surface area contributed by atoms with Gasteiger partial charge in [0.2, 0.25) is 0 Å². The first-order valence-corrected chi connectivity index (χ1v) is 9.01. The minimum absolute atomic E-state index is 0.400. The molecule has 0 aliphatic carbocycles. The summed E-state index contributed by atoms with van der Waals surface area (Å²) in [6.45, 7) is 1.65. The van der Waals surface area contributed by atoms with Gasteiger partial charge >= 0.3 is 11.9 Å². The molecule has 2 aromatic rings. The third kappa shape index (κ3) is 3.51. The van der Waals surface area contributed by atoms with Crippen molar-refractivity contribution >= 4 is 29.7 Å². The number of carbonyl (C=O) groups is 2. The Morgan fingerprint density at radius 2 is 1.04 bits per heavy atom. The maximum absolute atomic E-state index is 13.1. The Morgan fingerprint density at radius 1 is 0.739 bits per heavy atom. The lowest BCUT2D eigenvalue weighted by Gasteiger charge is -2.14. The molecule has 5 nitrogen and oxygen atoms in total. The first kappa shape index (κ1) is 17.0. The second-order valence-electron chi connectivity index (χ2n) is 5.00. The van der Waals surface area contributed by atoms with Gasteiger partial charge in [0, 0.05) is 10.6 Å². The highest BCUT2D eigenvalue weighted by atomic mass is 31.2. The van der Waals surface area contributed by atoms with Crippen LogP contribution in [0.3, 0.4) is 0 Å². The number of methoxy groups -OCH3 is 2. The molecule has 0 N–H and O–H groups in total. The summed E-state index contributed by atoms with van der Waals surface area (Å²) in [5, 5.41) is 1.24. The van der Waals surface area contributed by atoms with Crippen molar-refractivity contribution in [3.63, 3.8) is 0 Å². The van der Waals surface area contributed by atoms with Gasteiger partial charge in [0.1, 0.15) is 7.14 Å². The van der Waals surface area contributed by atoms with E-state index < -0.39 is 19.1 Å². The Hall–Kier alpha value is -2.39. The minimum atomic E-state index is -2.82. The zero-order valence-electron chi connectivity index (χ0n) is 13.1. The van der Waals surface area contributed by atoms with Crippen molar-refractivity contribution < 1.29 is 23.6 Å². The van der Waals surface area contributed by atoms with E-state index in [1.165, 1.54) is 14.2 Å². The minimum Gasteiger partial charge on any atom is -0.465 e. The molecule has 0 spiro atoms. The molecule has 0 aromatic heterocycles. The van der Waals surface area contributed by atoms with E-state index in [9.17, 15) is 14.2 Å². The number of carbonyl (C=O) groups excluding carboxylic acids is 2. The van der Waals surface area contributed by atoms with Crippen molar-refractivity contribution in [3.05, 3.63) is 59.7 Å². The molecule has 0 amide bonds. The van der Waals surface area contributed by atoms with E-state index in [0.29, 0.717) is 21.7 Å². The van der Waals surface area contributed by atoms with Gasteiger partial charge < -0.3 is 14.0 Å². The summed E-state index contributed by atoms with van der Waals surface area (Å²) in [6.07, 6.45) is 0. The lowest BCUT2D eigenvalue weighted by atomic mass is 10.2. The van der Waals surface area contributed by atoms with Gasteiger partial charge in [-0.15, -0.1) is 0 Å². The molecule has 0 bridgehead atoms. The Bertz CT molecular complexity index is 699. The predicted molar refractivity (Wildman–Crippen MR) is 88.4 cm³/mol. The van der Waals surface area contributed by atoms with Gasteiger partial charge in [-0.2, -0.15) is 0 Å². The molecule has 0 fully saturated rings. The number of hydrogen-bond acceptors (Lipinski definition) is 5. The van der Waals surface area contributed by atoms with Crippen LogP contribution in [-0.4, -0.2) is 32.8 Å². The molecule has 0 atom stereocenters. The van der Waals surface area contributed by atoms with Crippen LogP contribution in [0.15, 0.2) is 48.5 Å². The van der Waals surface area contributed by atoms with E-state index >= 15 is 0 Å². The van der Waals surface area contributed by atoms with Crippen LogP contribution >= 0.6 is 7.14 Å². The van der Waals surface area contributed by atoms with Gasteiger partial charge in [0.05, 0.1) is 25.3 Å². The molecular formula is C17H17O5P. The van der Waals surface area contributed by atoms with E-state index in [1.54, 1.807) is 55.2 Å². The van der Waals surface area contributed by atoms with Crippen LogP contribution in [0.5, 0.6) is 0 Å². The maximum atomic E-state index is 13.1. The first-order chi connectivity index (χ1) is 10.9. The number of benzene rings is 2. The van der Waals surface area contributed by atoms with E-state index in [4.69, 9.17) is 0 Å². The van der Waals surface area contributed by atoms with Crippen molar-refractivity contribution in [3.8, 4) is 0 Å². The van der Waals surface area contributed by atoms with Crippen LogP contribution in [0.2, 0.25) is 0 Å². The maximum Gasteiger partial charge on any atom is 0.337 e. The molecule has 0 aliphatic rings. The lowest BCUT2D eigenvalue weighted by Crippen LogP contribution is -2.16. The quantitative estimate of drug-likeness (QED) is 0.634. The fourth-order valence-corrected chi connectivity index (χ4v) is 3.88. The van der Waals surface area contributed by atoms with Gasteiger partial charge in [-0.1, -0.05) is 24.3 Å². The van der Waals surface area contributed by atoms with E-state index in [-0.39, 0.29) is 0 Å². The fraction of sp³-hybridized carbons (Fsp3) is 0.176. The fourth-order valence-electron chi connectivity index (χ4n) is 2.15. The molecule has 0 unspecified atom stereocenters. The summed E-state index contributed by atoms with van der Waals surface area (Å²) in [5.41, 5.74) is 0.801. The summed E-state index contributed by atoms with van der Waals surface area (Å²) in [4.78, 5) is 22.9. The third-order valence-corrected chi connectivity index (χ3v) is 6.13. The second-order valence-corrected chi connectivity index (χ2v) is 7.88. The molecule has 0 saturated carbocycles.